The van der Waals surface area contributed by atoms with Gasteiger partial charge in [0.25, 0.3) is 0 Å². The van der Waals surface area contributed by atoms with Gasteiger partial charge in [-0.15, -0.1) is 0 Å². The van der Waals surface area contributed by atoms with Crippen molar-refractivity contribution < 1.29 is 30.9 Å². The van der Waals surface area contributed by atoms with E-state index < -0.39 is 28.7 Å². The van der Waals surface area contributed by atoms with Gasteiger partial charge in [-0.3, -0.25) is 10.8 Å². The lowest BCUT2D eigenvalue weighted by Gasteiger charge is -2.33. The van der Waals surface area contributed by atoms with Crippen molar-refractivity contribution in [1.82, 2.24) is 4.90 Å². The quantitative estimate of drug-likeness (QED) is 0.219. The number of alkyl halides is 2. The van der Waals surface area contributed by atoms with E-state index in [1.807, 2.05) is 4.90 Å². The van der Waals surface area contributed by atoms with E-state index in [9.17, 15) is 22.0 Å². The molecular weight excluding hydrogens is 568 g/mol. The molecule has 13 heteroatoms. The number of hydrogen-bond donors (Lipinski definition) is 3. The zero-order chi connectivity index (χ0) is 30.6. The van der Waals surface area contributed by atoms with Gasteiger partial charge in [0, 0.05) is 31.5 Å². The molecule has 0 spiro atoms. The molecule has 3 aromatic carbocycles. The summed E-state index contributed by atoms with van der Waals surface area (Å²) in [6.45, 7) is 4.84. The molecule has 1 heterocycles. The summed E-state index contributed by atoms with van der Waals surface area (Å²) in [4.78, 5) is 13.7. The predicted molar refractivity (Wildman–Crippen MR) is 157 cm³/mol. The maximum absolute atomic E-state index is 13.4. The Labute approximate surface area is 243 Å². The highest BCUT2D eigenvalue weighted by Crippen LogP contribution is 2.36. The van der Waals surface area contributed by atoms with Gasteiger partial charge in [0.1, 0.15) is 17.7 Å². The molecule has 1 aliphatic heterocycles. The fourth-order valence-electron chi connectivity index (χ4n) is 5.00. The number of carbonyl (C=O) groups excluding carboxylic acids is 1. The lowest BCUT2D eigenvalue weighted by Crippen LogP contribution is -2.40. The first kappa shape index (κ1) is 30.7. The van der Waals surface area contributed by atoms with Gasteiger partial charge in [0.05, 0.1) is 17.6 Å². The first-order chi connectivity index (χ1) is 19.9. The van der Waals surface area contributed by atoms with E-state index in [1.165, 1.54) is 12.1 Å². The number of fused-ring (bicyclic) bond motifs is 1. The summed E-state index contributed by atoms with van der Waals surface area (Å²) in [5.74, 6) is -1.31. The lowest BCUT2D eigenvalue weighted by atomic mass is 9.98. The monoisotopic (exact) mass is 601 g/mol. The summed E-state index contributed by atoms with van der Waals surface area (Å²) in [5, 5.41) is 17.0. The molecule has 224 valence electrons. The molecule has 1 saturated heterocycles. The van der Waals surface area contributed by atoms with Crippen LogP contribution >= 0.6 is 0 Å². The zero-order valence-electron chi connectivity index (χ0n) is 23.2. The third-order valence-corrected chi connectivity index (χ3v) is 8.47. The predicted octanol–water partition coefficient (Wildman–Crippen LogP) is 4.98. The molecule has 0 saturated carbocycles. The molecule has 0 aromatic heterocycles. The fourth-order valence-corrected chi connectivity index (χ4v) is 6.32. The molecule has 4 rings (SSSR count). The molecule has 1 fully saturated rings. The number of nitrogen functional groups attached to an aromatic ring is 1. The van der Waals surface area contributed by atoms with Gasteiger partial charge in [0.2, 0.25) is 0 Å². The Morgan fingerprint density at radius 2 is 1.69 bits per heavy atom. The van der Waals surface area contributed by atoms with E-state index in [4.69, 9.17) is 21.3 Å². The van der Waals surface area contributed by atoms with E-state index in [1.54, 1.807) is 62.4 Å². The van der Waals surface area contributed by atoms with Crippen molar-refractivity contribution in [2.75, 3.05) is 17.4 Å². The van der Waals surface area contributed by atoms with Crippen molar-refractivity contribution in [3.63, 3.8) is 0 Å². The largest absolute Gasteiger partial charge is 0.490 e. The molecule has 0 amide bonds. The van der Waals surface area contributed by atoms with Crippen LogP contribution in [0.25, 0.3) is 10.8 Å². The van der Waals surface area contributed by atoms with Crippen LogP contribution in [-0.4, -0.2) is 56.6 Å². The van der Waals surface area contributed by atoms with Crippen LogP contribution in [-0.2, 0) is 19.3 Å². The zero-order valence-corrected chi connectivity index (χ0v) is 24.0. The number of piperidine rings is 1. The number of halogens is 2. The summed E-state index contributed by atoms with van der Waals surface area (Å²) in [5.41, 5.74) is 6.72. The highest BCUT2D eigenvalue weighted by molar-refractivity contribution is 7.88. The molecule has 10 nitrogen and oxygen atoms in total. The van der Waals surface area contributed by atoms with Crippen molar-refractivity contribution in [2.24, 2.45) is 5.73 Å². The average molecular weight is 602 g/mol. The van der Waals surface area contributed by atoms with Gasteiger partial charge in [0.15, 0.2) is 0 Å². The Balaban J connectivity index is 1.68. The molecule has 1 aliphatic rings. The summed E-state index contributed by atoms with van der Waals surface area (Å²) >= 11 is 0. The molecule has 42 heavy (non-hydrogen) atoms. The first-order valence-corrected chi connectivity index (χ1v) is 14.8. The van der Waals surface area contributed by atoms with Crippen LogP contribution in [0.2, 0.25) is 0 Å². The number of ether oxygens (including phenoxy) is 1. The maximum Gasteiger partial charge on any atom is 0.413 e. The number of likely N-dealkylation sites (tertiary alicyclic amines) is 1. The average Bonchev–Trinajstić information content (AvgIpc) is 2.95. The summed E-state index contributed by atoms with van der Waals surface area (Å²) in [6.07, 6.45) is -2.09. The number of nitrogens with one attached hydrogen (secondary N) is 2. The number of anilines is 1. The van der Waals surface area contributed by atoms with Crippen molar-refractivity contribution in [3.05, 3.63) is 71.8 Å². The number of carbonyl (C=O) groups is 1. The lowest BCUT2D eigenvalue weighted by molar-refractivity contribution is -0.145. The second-order valence-corrected chi connectivity index (χ2v) is 11.4. The number of amidine groups is 2. The minimum absolute atomic E-state index is 0.0841. The van der Waals surface area contributed by atoms with Crippen LogP contribution in [0.5, 0.6) is 5.75 Å². The van der Waals surface area contributed by atoms with Gasteiger partial charge >= 0.3 is 22.7 Å². The first-order valence-electron chi connectivity index (χ1n) is 13.4. The van der Waals surface area contributed by atoms with Gasteiger partial charge in [-0.25, -0.2) is 9.10 Å². The number of nitrogens with zero attached hydrogens (tertiary/aromatic N) is 2. The Bertz CT molecular complexity index is 1580. The minimum Gasteiger partial charge on any atom is -0.490 e. The Morgan fingerprint density at radius 1 is 1.05 bits per heavy atom. The van der Waals surface area contributed by atoms with E-state index in [2.05, 4.69) is 4.18 Å². The standard InChI is InChI=1S/C29H33F2N5O5S/c1-3-26(20-6-4-19-5-7-21(28(33)34)17-22(19)16-20)36(42(38,39)41-29(37)27(30)31)23-8-10-24(11-9-23)40-25-12-14-35(15-13-25)18(2)32/h4-11,16-17,25-27,32H,3,12-15H2,1-2H3,(H3,33,34). The highest BCUT2D eigenvalue weighted by atomic mass is 32.2. The number of benzene rings is 3. The SMILES string of the molecule is CCC(c1ccc2ccc(C(=N)N)cc2c1)N(c1ccc(OC2CCN(C(C)=N)CC2)cc1)S(=O)(=O)OC(=O)C(F)F. The van der Waals surface area contributed by atoms with Crippen molar-refractivity contribution in [1.29, 1.82) is 10.8 Å². The second kappa shape index (κ2) is 12.7. The number of rotatable bonds is 10. The van der Waals surface area contributed by atoms with E-state index >= 15 is 0 Å². The molecule has 0 aliphatic carbocycles. The Hall–Kier alpha value is -4.26. The number of nitrogens with two attached hydrogens (primary N) is 1. The summed E-state index contributed by atoms with van der Waals surface area (Å²) < 4.78 is 64.0. The van der Waals surface area contributed by atoms with Crippen molar-refractivity contribution in [3.8, 4) is 5.75 Å². The van der Waals surface area contributed by atoms with Crippen molar-refractivity contribution in [2.45, 2.75) is 51.7 Å². The summed E-state index contributed by atoms with van der Waals surface area (Å²) in [6, 6.07) is 15.5. The molecule has 0 bridgehead atoms. The Morgan fingerprint density at radius 3 is 2.26 bits per heavy atom. The highest BCUT2D eigenvalue weighted by Gasteiger charge is 2.36. The molecule has 3 aromatic rings. The fraction of sp³-hybridized carbons (Fsp3) is 0.345. The molecule has 1 atom stereocenters. The van der Waals surface area contributed by atoms with Gasteiger partial charge in [-0.1, -0.05) is 31.2 Å². The molecule has 1 unspecified atom stereocenters. The Kier molecular flexibility index (Phi) is 9.30. The van der Waals surface area contributed by atoms with Gasteiger partial charge in [-0.2, -0.15) is 17.2 Å². The van der Waals surface area contributed by atoms with Crippen LogP contribution in [0, 0.1) is 10.8 Å². The van der Waals surface area contributed by atoms with E-state index in [0.717, 1.165) is 9.69 Å². The summed E-state index contributed by atoms with van der Waals surface area (Å²) in [7, 11) is -5.03. The number of hydrogen-bond acceptors (Lipinski definition) is 7. The molecule has 0 radical (unpaired) electrons. The normalized spacial score (nSPS) is 14.9. The van der Waals surface area contributed by atoms with E-state index in [0.29, 0.717) is 54.0 Å². The third-order valence-electron chi connectivity index (χ3n) is 7.15. The van der Waals surface area contributed by atoms with Crippen LogP contribution in [0.3, 0.4) is 0 Å². The molecular formula is C29H33F2N5O5S. The topological polar surface area (TPSA) is 150 Å². The van der Waals surface area contributed by atoms with Crippen LogP contribution in [0.1, 0.15) is 50.3 Å². The maximum atomic E-state index is 13.4. The smallest absolute Gasteiger partial charge is 0.413 e. The van der Waals surface area contributed by atoms with Crippen LogP contribution in [0.15, 0.2) is 60.7 Å². The molecule has 4 N–H and O–H groups in total. The van der Waals surface area contributed by atoms with E-state index in [-0.39, 0.29) is 24.0 Å². The van der Waals surface area contributed by atoms with Gasteiger partial charge in [-0.05, 0) is 66.1 Å². The third kappa shape index (κ3) is 6.96. The second-order valence-electron chi connectivity index (χ2n) is 10.00. The minimum atomic E-state index is -5.03. The van der Waals surface area contributed by atoms with Crippen LogP contribution in [0.4, 0.5) is 14.5 Å². The van der Waals surface area contributed by atoms with Gasteiger partial charge < -0.3 is 19.6 Å². The van der Waals surface area contributed by atoms with Crippen LogP contribution < -0.4 is 14.8 Å². The van der Waals surface area contributed by atoms with Crippen molar-refractivity contribution >= 4 is 44.4 Å².